The van der Waals surface area contributed by atoms with Crippen LogP contribution in [0.5, 0.6) is 0 Å². The van der Waals surface area contributed by atoms with Crippen LogP contribution in [0, 0.1) is 0 Å². The van der Waals surface area contributed by atoms with Crippen LogP contribution in [-0.2, 0) is 14.3 Å². The molecule has 9 heteroatoms. The summed E-state index contributed by atoms with van der Waals surface area (Å²) in [5, 5.41) is 54.9. The lowest BCUT2D eigenvalue weighted by Crippen LogP contribution is -2.60. The van der Waals surface area contributed by atoms with Gasteiger partial charge in [0.1, 0.15) is 24.4 Å². The number of hydrogen-bond acceptors (Lipinski definition) is 8. The number of aliphatic hydroxyl groups excluding tert-OH is 5. The highest BCUT2D eigenvalue weighted by Crippen LogP contribution is 2.23. The van der Waals surface area contributed by atoms with E-state index >= 15 is 0 Å². The van der Waals surface area contributed by atoms with Crippen LogP contribution < -0.4 is 5.32 Å². The van der Waals surface area contributed by atoms with Gasteiger partial charge in [-0.2, -0.15) is 0 Å². The fraction of sp³-hybridized carbons (Fsp3) is 0.789. The van der Waals surface area contributed by atoms with Crippen molar-refractivity contribution in [3.8, 4) is 0 Å². The molecule has 0 aromatic rings. The quantitative estimate of drug-likeness (QED) is 0.0261. The summed E-state index contributed by atoms with van der Waals surface area (Å²) in [5.74, 6) is -0.143. The van der Waals surface area contributed by atoms with Crippen LogP contribution in [0.15, 0.2) is 85.1 Å². The lowest BCUT2D eigenvalue weighted by atomic mass is 9.99. The standard InChI is InChI=1S/C71H127NO8/c1-3-5-7-9-11-13-15-17-19-21-23-25-26-27-28-29-30-31-32-33-34-35-36-37-38-39-40-41-43-45-47-49-51-53-55-57-59-61-67(75)72-64(63-79-71-70(78)69(77)68(76)66(62-73)80-71)65(74)60-58-56-54-52-50-48-46-44-42-24-22-20-18-16-14-12-10-8-6-4-2/h5,7,11,13,17,19,23,25,27-28,30-31,33-34,64-66,68-71,73-74,76-78H,3-4,6,8-10,12,14-16,18,20-22,24,26,29,32,35-63H2,1-2H3,(H,72,75)/b7-5-,13-11-,19-17-,25-23-,28-27-,31-30-,34-33-. The molecular weight excluding hydrogens is 995 g/mol. The van der Waals surface area contributed by atoms with Gasteiger partial charge in [-0.05, 0) is 70.6 Å². The molecule has 9 nitrogen and oxygen atoms in total. The second kappa shape index (κ2) is 59.5. The lowest BCUT2D eigenvalue weighted by molar-refractivity contribution is -0.302. The average Bonchev–Trinajstić information content (AvgIpc) is 3.46. The van der Waals surface area contributed by atoms with Crippen molar-refractivity contribution < 1.29 is 39.8 Å². The van der Waals surface area contributed by atoms with Crippen LogP contribution in [-0.4, -0.2) is 87.5 Å². The predicted molar refractivity (Wildman–Crippen MR) is 341 cm³/mol. The maximum atomic E-state index is 13.1. The van der Waals surface area contributed by atoms with Gasteiger partial charge in [0.25, 0.3) is 0 Å². The molecule has 0 aromatic heterocycles. The molecule has 1 aliphatic rings. The SMILES string of the molecule is CC/C=C\C/C=C\C/C=C\C/C=C\C/C=C\C/C=C\C/C=C\CCCCCCCCCCCCCCCCCC(=O)NC(COC1OC(CO)C(O)C(O)C1O)C(O)CCCCCCCCCCCCCCCCCCCCCC. The molecule has 1 aliphatic heterocycles. The molecule has 1 amide bonds. The Labute approximate surface area is 492 Å². The largest absolute Gasteiger partial charge is 0.394 e. The van der Waals surface area contributed by atoms with Crippen molar-refractivity contribution >= 4 is 5.91 Å². The summed E-state index contributed by atoms with van der Waals surface area (Å²) in [6.45, 7) is 3.75. The molecule has 0 saturated carbocycles. The molecule has 0 spiro atoms. The third-order valence-corrected chi connectivity index (χ3v) is 15.8. The number of allylic oxidation sites excluding steroid dienone is 14. The van der Waals surface area contributed by atoms with Gasteiger partial charge in [-0.3, -0.25) is 4.79 Å². The van der Waals surface area contributed by atoms with Crippen LogP contribution in [0.2, 0.25) is 0 Å². The van der Waals surface area contributed by atoms with Gasteiger partial charge in [-0.25, -0.2) is 0 Å². The number of ether oxygens (including phenoxy) is 2. The number of carbonyl (C=O) groups excluding carboxylic acids is 1. The van der Waals surface area contributed by atoms with Crippen molar-refractivity contribution in [2.24, 2.45) is 0 Å². The third kappa shape index (κ3) is 47.8. The van der Waals surface area contributed by atoms with Crippen molar-refractivity contribution in [2.45, 2.75) is 346 Å². The molecule has 6 N–H and O–H groups in total. The lowest BCUT2D eigenvalue weighted by Gasteiger charge is -2.40. The molecule has 1 rings (SSSR count). The van der Waals surface area contributed by atoms with E-state index in [0.717, 1.165) is 83.5 Å². The van der Waals surface area contributed by atoms with Crippen LogP contribution in [0.1, 0.15) is 303 Å². The summed E-state index contributed by atoms with van der Waals surface area (Å²) in [4.78, 5) is 13.1. The molecule has 0 aliphatic carbocycles. The Morgan fingerprint density at radius 1 is 0.438 bits per heavy atom. The molecule has 7 atom stereocenters. The number of nitrogens with one attached hydrogen (secondary N) is 1. The zero-order valence-electron chi connectivity index (χ0n) is 51.8. The van der Waals surface area contributed by atoms with Gasteiger partial charge < -0.3 is 40.3 Å². The Bertz CT molecular complexity index is 1540. The van der Waals surface area contributed by atoms with Crippen molar-refractivity contribution in [1.82, 2.24) is 5.32 Å². The minimum absolute atomic E-state index is 0.138. The Hall–Kier alpha value is -2.63. The topological polar surface area (TPSA) is 149 Å². The molecular formula is C71H127NO8. The molecule has 0 bridgehead atoms. The van der Waals surface area contributed by atoms with Gasteiger partial charge in [0.05, 0.1) is 25.4 Å². The zero-order valence-corrected chi connectivity index (χ0v) is 51.8. The Morgan fingerprint density at radius 3 is 1.15 bits per heavy atom. The van der Waals surface area contributed by atoms with Crippen molar-refractivity contribution in [2.75, 3.05) is 13.2 Å². The van der Waals surface area contributed by atoms with Crippen molar-refractivity contribution in [3.05, 3.63) is 85.1 Å². The molecule has 7 unspecified atom stereocenters. The number of aliphatic hydroxyl groups is 5. The molecule has 1 fully saturated rings. The summed E-state index contributed by atoms with van der Waals surface area (Å²) >= 11 is 0. The molecule has 80 heavy (non-hydrogen) atoms. The first-order chi connectivity index (χ1) is 39.3. The number of rotatable bonds is 58. The smallest absolute Gasteiger partial charge is 0.220 e. The van der Waals surface area contributed by atoms with Crippen LogP contribution in [0.3, 0.4) is 0 Å². The van der Waals surface area contributed by atoms with E-state index in [1.807, 2.05) is 0 Å². The molecule has 0 aromatic carbocycles. The Morgan fingerprint density at radius 2 is 0.775 bits per heavy atom. The van der Waals surface area contributed by atoms with Crippen LogP contribution in [0.4, 0.5) is 0 Å². The zero-order chi connectivity index (χ0) is 57.9. The van der Waals surface area contributed by atoms with E-state index in [9.17, 15) is 30.3 Å². The van der Waals surface area contributed by atoms with Crippen molar-refractivity contribution in [1.29, 1.82) is 0 Å². The third-order valence-electron chi connectivity index (χ3n) is 15.8. The second-order valence-corrected chi connectivity index (χ2v) is 23.2. The summed E-state index contributed by atoms with van der Waals surface area (Å²) in [7, 11) is 0. The van der Waals surface area contributed by atoms with Crippen LogP contribution in [0.25, 0.3) is 0 Å². The summed E-state index contributed by atoms with van der Waals surface area (Å²) in [6.07, 6.45) is 77.8. The van der Waals surface area contributed by atoms with Gasteiger partial charge >= 0.3 is 0 Å². The summed E-state index contributed by atoms with van der Waals surface area (Å²) in [6, 6.07) is -0.723. The Balaban J connectivity index is 2.11. The highest BCUT2D eigenvalue weighted by Gasteiger charge is 2.44. The maximum Gasteiger partial charge on any atom is 0.220 e. The van der Waals surface area contributed by atoms with Gasteiger partial charge in [0.2, 0.25) is 5.91 Å². The number of unbranched alkanes of at least 4 members (excludes halogenated alkanes) is 34. The fourth-order valence-electron chi connectivity index (χ4n) is 10.5. The van der Waals surface area contributed by atoms with E-state index in [1.54, 1.807) is 0 Å². The maximum absolute atomic E-state index is 13.1. The molecule has 1 saturated heterocycles. The minimum atomic E-state index is -1.56. The second-order valence-electron chi connectivity index (χ2n) is 23.2. The first-order valence-electron chi connectivity index (χ1n) is 33.8. The first kappa shape index (κ1) is 75.4. The minimum Gasteiger partial charge on any atom is -0.394 e. The van der Waals surface area contributed by atoms with E-state index in [-0.39, 0.29) is 12.5 Å². The highest BCUT2D eigenvalue weighted by molar-refractivity contribution is 5.76. The highest BCUT2D eigenvalue weighted by atomic mass is 16.7. The predicted octanol–water partition coefficient (Wildman–Crippen LogP) is 18.1. The fourth-order valence-corrected chi connectivity index (χ4v) is 10.5. The molecule has 464 valence electrons. The monoisotopic (exact) mass is 1120 g/mol. The van der Waals surface area contributed by atoms with Gasteiger partial charge in [-0.15, -0.1) is 0 Å². The Kier molecular flexibility index (Phi) is 56.1. The molecule has 0 radical (unpaired) electrons. The van der Waals surface area contributed by atoms with E-state index in [4.69, 9.17) is 9.47 Å². The van der Waals surface area contributed by atoms with E-state index in [2.05, 4.69) is 104 Å². The van der Waals surface area contributed by atoms with Gasteiger partial charge in [0, 0.05) is 6.42 Å². The first-order valence-corrected chi connectivity index (χ1v) is 33.8. The average molecular weight is 1120 g/mol. The number of amides is 1. The summed E-state index contributed by atoms with van der Waals surface area (Å²) in [5.41, 5.74) is 0. The normalized spacial score (nSPS) is 19.0. The van der Waals surface area contributed by atoms with Gasteiger partial charge in [-0.1, -0.05) is 311 Å². The van der Waals surface area contributed by atoms with Crippen molar-refractivity contribution in [3.63, 3.8) is 0 Å². The van der Waals surface area contributed by atoms with Gasteiger partial charge in [0.15, 0.2) is 6.29 Å². The summed E-state index contributed by atoms with van der Waals surface area (Å²) < 4.78 is 11.4. The van der Waals surface area contributed by atoms with E-state index in [1.165, 1.54) is 193 Å². The van der Waals surface area contributed by atoms with E-state index in [0.29, 0.717) is 12.8 Å². The van der Waals surface area contributed by atoms with Crippen LogP contribution >= 0.6 is 0 Å². The molecule has 1 heterocycles. The number of hydrogen-bond donors (Lipinski definition) is 6. The number of carbonyl (C=O) groups is 1. The van der Waals surface area contributed by atoms with E-state index < -0.39 is 49.5 Å².